The van der Waals surface area contributed by atoms with Gasteiger partial charge in [-0.15, -0.1) is 11.3 Å². The number of para-hydroxylation sites is 1. The molecule has 23 heavy (non-hydrogen) atoms. The third kappa shape index (κ3) is 5.10. The minimum absolute atomic E-state index is 0.122. The summed E-state index contributed by atoms with van der Waals surface area (Å²) in [6, 6.07) is 11.1. The molecule has 0 fully saturated rings. The molecule has 0 aliphatic rings. The van der Waals surface area contributed by atoms with E-state index >= 15 is 0 Å². The standard InChI is InChI=1S/C17H20N2O3S/c1-12(20)19-14(16-8-5-9-23-16)10-17(21)18-11-13-6-3-4-7-15(13)22-2/h3-9,14H,10-11H2,1-2H3,(H,18,21)(H,19,20). The molecule has 2 aromatic rings. The largest absolute Gasteiger partial charge is 0.496 e. The molecule has 5 nitrogen and oxygen atoms in total. The normalized spacial score (nSPS) is 11.6. The molecule has 2 amide bonds. The van der Waals surface area contributed by atoms with Gasteiger partial charge in [0.05, 0.1) is 19.6 Å². The number of amides is 2. The van der Waals surface area contributed by atoms with E-state index in [9.17, 15) is 9.59 Å². The van der Waals surface area contributed by atoms with E-state index in [1.807, 2.05) is 41.8 Å². The smallest absolute Gasteiger partial charge is 0.222 e. The maximum atomic E-state index is 12.2. The van der Waals surface area contributed by atoms with E-state index in [4.69, 9.17) is 4.74 Å². The van der Waals surface area contributed by atoms with Crippen molar-refractivity contribution >= 4 is 23.2 Å². The molecule has 1 aromatic heterocycles. The van der Waals surface area contributed by atoms with Gasteiger partial charge in [0, 0.05) is 23.9 Å². The molecule has 6 heteroatoms. The Balaban J connectivity index is 1.95. The van der Waals surface area contributed by atoms with Gasteiger partial charge in [0.25, 0.3) is 0 Å². The van der Waals surface area contributed by atoms with E-state index in [1.165, 1.54) is 18.3 Å². The van der Waals surface area contributed by atoms with Crippen LogP contribution in [0.4, 0.5) is 0 Å². The van der Waals surface area contributed by atoms with Crippen LogP contribution in [0.5, 0.6) is 5.75 Å². The molecule has 0 saturated heterocycles. The minimum atomic E-state index is -0.301. The lowest BCUT2D eigenvalue weighted by Crippen LogP contribution is -2.32. The average Bonchev–Trinajstić information content (AvgIpc) is 3.06. The Morgan fingerprint density at radius 3 is 2.65 bits per heavy atom. The van der Waals surface area contributed by atoms with Gasteiger partial charge in [-0.3, -0.25) is 9.59 Å². The Morgan fingerprint density at radius 1 is 1.22 bits per heavy atom. The number of hydrogen-bond acceptors (Lipinski definition) is 4. The highest BCUT2D eigenvalue weighted by atomic mass is 32.1. The summed E-state index contributed by atoms with van der Waals surface area (Å²) < 4.78 is 5.26. The van der Waals surface area contributed by atoms with Gasteiger partial charge in [-0.2, -0.15) is 0 Å². The first kappa shape index (κ1) is 17.0. The number of rotatable bonds is 7. The number of hydrogen-bond donors (Lipinski definition) is 2. The van der Waals surface area contributed by atoms with Crippen molar-refractivity contribution in [3.05, 3.63) is 52.2 Å². The van der Waals surface area contributed by atoms with Crippen LogP contribution < -0.4 is 15.4 Å². The first-order valence-corrected chi connectivity index (χ1v) is 8.17. The molecule has 0 aliphatic carbocycles. The van der Waals surface area contributed by atoms with Crippen molar-refractivity contribution in [2.75, 3.05) is 7.11 Å². The van der Waals surface area contributed by atoms with Crippen LogP contribution in [0.3, 0.4) is 0 Å². The predicted octanol–water partition coefficient (Wildman–Crippen LogP) is 2.64. The van der Waals surface area contributed by atoms with Gasteiger partial charge < -0.3 is 15.4 Å². The SMILES string of the molecule is COc1ccccc1CNC(=O)CC(NC(C)=O)c1cccs1. The van der Waals surface area contributed by atoms with Crippen LogP contribution in [0.2, 0.25) is 0 Å². The highest BCUT2D eigenvalue weighted by molar-refractivity contribution is 7.10. The molecule has 2 rings (SSSR count). The van der Waals surface area contributed by atoms with Crippen LogP contribution in [0.25, 0.3) is 0 Å². The molecule has 1 atom stereocenters. The molecule has 1 aromatic carbocycles. The fraction of sp³-hybridized carbons (Fsp3) is 0.294. The minimum Gasteiger partial charge on any atom is -0.496 e. The number of methoxy groups -OCH3 is 1. The Labute approximate surface area is 139 Å². The fourth-order valence-electron chi connectivity index (χ4n) is 2.26. The maximum Gasteiger partial charge on any atom is 0.222 e. The van der Waals surface area contributed by atoms with E-state index in [1.54, 1.807) is 7.11 Å². The second kappa shape index (κ2) is 8.33. The van der Waals surface area contributed by atoms with Crippen molar-refractivity contribution in [2.24, 2.45) is 0 Å². The van der Waals surface area contributed by atoms with Crippen LogP contribution >= 0.6 is 11.3 Å². The number of thiophene rings is 1. The molecular weight excluding hydrogens is 312 g/mol. The van der Waals surface area contributed by atoms with Crippen LogP contribution in [0.15, 0.2) is 41.8 Å². The van der Waals surface area contributed by atoms with Gasteiger partial charge >= 0.3 is 0 Å². The van der Waals surface area contributed by atoms with Gasteiger partial charge in [-0.25, -0.2) is 0 Å². The summed E-state index contributed by atoms with van der Waals surface area (Å²) >= 11 is 1.52. The molecule has 0 spiro atoms. The molecule has 0 saturated carbocycles. The summed E-state index contributed by atoms with van der Waals surface area (Å²) in [5, 5.41) is 7.62. The van der Waals surface area contributed by atoms with Crippen molar-refractivity contribution < 1.29 is 14.3 Å². The summed E-state index contributed by atoms with van der Waals surface area (Å²) in [6.45, 7) is 1.84. The zero-order valence-corrected chi connectivity index (χ0v) is 14.0. The lowest BCUT2D eigenvalue weighted by atomic mass is 10.1. The summed E-state index contributed by atoms with van der Waals surface area (Å²) in [5.41, 5.74) is 0.913. The number of nitrogens with one attached hydrogen (secondary N) is 2. The van der Waals surface area contributed by atoms with Crippen molar-refractivity contribution in [3.63, 3.8) is 0 Å². The zero-order chi connectivity index (χ0) is 16.7. The molecule has 0 bridgehead atoms. The first-order valence-electron chi connectivity index (χ1n) is 7.29. The Kier molecular flexibility index (Phi) is 6.17. The molecule has 0 radical (unpaired) electrons. The van der Waals surface area contributed by atoms with Gasteiger partial charge in [0.2, 0.25) is 11.8 Å². The van der Waals surface area contributed by atoms with Gasteiger partial charge in [-0.05, 0) is 17.5 Å². The Hall–Kier alpha value is -2.34. The number of ether oxygens (including phenoxy) is 1. The molecule has 1 unspecified atom stereocenters. The molecule has 0 aliphatic heterocycles. The number of carbonyl (C=O) groups is 2. The van der Waals surface area contributed by atoms with E-state index in [0.29, 0.717) is 6.54 Å². The molecule has 122 valence electrons. The molecule has 1 heterocycles. The third-order valence-electron chi connectivity index (χ3n) is 3.32. The van der Waals surface area contributed by atoms with E-state index in [-0.39, 0.29) is 24.3 Å². The topological polar surface area (TPSA) is 67.4 Å². The molecular formula is C17H20N2O3S. The zero-order valence-electron chi connectivity index (χ0n) is 13.2. The monoisotopic (exact) mass is 332 g/mol. The Bertz CT molecular complexity index is 656. The van der Waals surface area contributed by atoms with E-state index in [0.717, 1.165) is 16.2 Å². The quantitative estimate of drug-likeness (QED) is 0.819. The van der Waals surface area contributed by atoms with Crippen molar-refractivity contribution in [3.8, 4) is 5.75 Å². The van der Waals surface area contributed by atoms with E-state index < -0.39 is 0 Å². The second-order valence-electron chi connectivity index (χ2n) is 5.06. The van der Waals surface area contributed by atoms with Crippen molar-refractivity contribution in [1.82, 2.24) is 10.6 Å². The van der Waals surface area contributed by atoms with Crippen molar-refractivity contribution in [1.29, 1.82) is 0 Å². The van der Waals surface area contributed by atoms with Crippen LogP contribution in [0, 0.1) is 0 Å². The van der Waals surface area contributed by atoms with Crippen LogP contribution in [-0.4, -0.2) is 18.9 Å². The number of carbonyl (C=O) groups excluding carboxylic acids is 2. The lowest BCUT2D eigenvalue weighted by molar-refractivity contribution is -0.122. The van der Waals surface area contributed by atoms with E-state index in [2.05, 4.69) is 10.6 Å². The summed E-state index contributed by atoms with van der Waals surface area (Å²) in [7, 11) is 1.60. The van der Waals surface area contributed by atoms with Crippen molar-refractivity contribution in [2.45, 2.75) is 25.9 Å². The Morgan fingerprint density at radius 2 is 2.00 bits per heavy atom. The lowest BCUT2D eigenvalue weighted by Gasteiger charge is -2.16. The van der Waals surface area contributed by atoms with Gasteiger partial charge in [0.15, 0.2) is 0 Å². The highest BCUT2D eigenvalue weighted by Crippen LogP contribution is 2.22. The summed E-state index contributed by atoms with van der Waals surface area (Å²) in [6.07, 6.45) is 0.204. The second-order valence-corrected chi connectivity index (χ2v) is 6.04. The maximum absolute atomic E-state index is 12.2. The van der Waals surface area contributed by atoms with Crippen LogP contribution in [-0.2, 0) is 16.1 Å². The van der Waals surface area contributed by atoms with Gasteiger partial charge in [0.1, 0.15) is 5.75 Å². The summed E-state index contributed by atoms with van der Waals surface area (Å²) in [4.78, 5) is 24.5. The van der Waals surface area contributed by atoms with Crippen LogP contribution in [0.1, 0.15) is 29.8 Å². The van der Waals surface area contributed by atoms with Gasteiger partial charge in [-0.1, -0.05) is 24.3 Å². The third-order valence-corrected chi connectivity index (χ3v) is 4.31. The number of benzene rings is 1. The average molecular weight is 332 g/mol. The summed E-state index contributed by atoms with van der Waals surface area (Å²) in [5.74, 6) is 0.466. The highest BCUT2D eigenvalue weighted by Gasteiger charge is 2.18. The predicted molar refractivity (Wildman–Crippen MR) is 90.3 cm³/mol. The first-order chi connectivity index (χ1) is 11.1. The molecule has 2 N–H and O–H groups in total. The fourth-order valence-corrected chi connectivity index (χ4v) is 3.04.